The summed E-state index contributed by atoms with van der Waals surface area (Å²) in [6.07, 6.45) is 0.499. The fourth-order valence-corrected chi connectivity index (χ4v) is 2.39. The molecule has 9 nitrogen and oxygen atoms in total. The highest BCUT2D eigenvalue weighted by atomic mass is 16.6. The van der Waals surface area contributed by atoms with Gasteiger partial charge in [0.1, 0.15) is 6.54 Å². The van der Waals surface area contributed by atoms with Crippen LogP contribution < -0.4 is 10.6 Å². The van der Waals surface area contributed by atoms with Gasteiger partial charge in [0.15, 0.2) is 0 Å². The Morgan fingerprint density at radius 3 is 2.45 bits per heavy atom. The summed E-state index contributed by atoms with van der Waals surface area (Å²) < 4.78 is 0. The fraction of sp³-hybridized carbons (Fsp3) is 0.727. The minimum Gasteiger partial charge on any atom is -0.480 e. The first-order valence-corrected chi connectivity index (χ1v) is 6.19. The molecule has 1 fully saturated rings. The number of aliphatic carboxylic acids is 1. The highest BCUT2D eigenvalue weighted by Gasteiger charge is 2.38. The summed E-state index contributed by atoms with van der Waals surface area (Å²) in [5.41, 5.74) is 0. The van der Waals surface area contributed by atoms with E-state index in [0.717, 1.165) is 0 Å². The lowest BCUT2D eigenvalue weighted by atomic mass is 9.82. The Balaban J connectivity index is 2.68. The van der Waals surface area contributed by atoms with Crippen molar-refractivity contribution in [2.45, 2.75) is 38.3 Å². The van der Waals surface area contributed by atoms with Crippen LogP contribution in [0.5, 0.6) is 0 Å². The van der Waals surface area contributed by atoms with E-state index in [9.17, 15) is 24.5 Å². The molecule has 0 bridgehead atoms. The van der Waals surface area contributed by atoms with Crippen LogP contribution in [0.1, 0.15) is 26.2 Å². The Kier molecular flexibility index (Phi) is 5.42. The summed E-state index contributed by atoms with van der Waals surface area (Å²) in [5.74, 6) is -2.70. The molecule has 2 amide bonds. The fourth-order valence-electron chi connectivity index (χ4n) is 2.39. The van der Waals surface area contributed by atoms with Gasteiger partial charge in [-0.3, -0.25) is 24.5 Å². The molecule has 0 heterocycles. The van der Waals surface area contributed by atoms with Gasteiger partial charge in [-0.2, -0.15) is 0 Å². The van der Waals surface area contributed by atoms with Gasteiger partial charge in [0.2, 0.25) is 17.9 Å². The largest absolute Gasteiger partial charge is 0.480 e. The molecule has 1 rings (SSSR count). The van der Waals surface area contributed by atoms with Crippen molar-refractivity contribution in [2.24, 2.45) is 5.92 Å². The van der Waals surface area contributed by atoms with Crippen molar-refractivity contribution < 1.29 is 24.4 Å². The molecule has 0 aromatic heterocycles. The number of carboxylic acids is 1. The van der Waals surface area contributed by atoms with Gasteiger partial charge in [-0.25, -0.2) is 0 Å². The van der Waals surface area contributed by atoms with E-state index in [2.05, 4.69) is 10.6 Å². The van der Waals surface area contributed by atoms with Crippen molar-refractivity contribution >= 4 is 17.8 Å². The zero-order chi connectivity index (χ0) is 15.3. The maximum Gasteiger partial charge on any atom is 0.322 e. The number of carbonyl (C=O) groups is 3. The number of nitro groups is 1. The minimum absolute atomic E-state index is 0.0501. The highest BCUT2D eigenvalue weighted by Crippen LogP contribution is 2.26. The van der Waals surface area contributed by atoms with Crippen molar-refractivity contribution in [2.75, 3.05) is 6.54 Å². The highest BCUT2D eigenvalue weighted by molar-refractivity contribution is 5.83. The SMILES string of the molecule is CC(=O)NC1CC(C(=O)NCC(=O)O)CC([N+](=O)[O-])C1. The third-order valence-electron chi connectivity index (χ3n) is 3.17. The summed E-state index contributed by atoms with van der Waals surface area (Å²) >= 11 is 0. The lowest BCUT2D eigenvalue weighted by Crippen LogP contribution is -2.48. The average molecular weight is 287 g/mol. The van der Waals surface area contributed by atoms with Gasteiger partial charge in [-0.05, 0) is 6.42 Å². The summed E-state index contributed by atoms with van der Waals surface area (Å²) in [7, 11) is 0. The van der Waals surface area contributed by atoms with Crippen molar-refractivity contribution in [3.63, 3.8) is 0 Å². The second-order valence-electron chi connectivity index (χ2n) is 4.85. The predicted octanol–water partition coefficient (Wildman–Crippen LogP) is -0.863. The Bertz CT molecular complexity index is 424. The molecule has 0 radical (unpaired) electrons. The van der Waals surface area contributed by atoms with Crippen LogP contribution in [0.2, 0.25) is 0 Å². The third kappa shape index (κ3) is 4.82. The summed E-state index contributed by atoms with van der Waals surface area (Å²) in [4.78, 5) is 43.6. The zero-order valence-corrected chi connectivity index (χ0v) is 11.0. The molecule has 0 saturated heterocycles. The quantitative estimate of drug-likeness (QED) is 0.444. The molecule has 0 spiro atoms. The van der Waals surface area contributed by atoms with Gasteiger partial charge in [0.25, 0.3) is 0 Å². The van der Waals surface area contributed by atoms with Crippen LogP contribution in [0, 0.1) is 16.0 Å². The summed E-state index contributed by atoms with van der Waals surface area (Å²) in [6, 6.07) is -1.36. The molecule has 112 valence electrons. The molecule has 1 saturated carbocycles. The Morgan fingerprint density at radius 1 is 1.30 bits per heavy atom. The van der Waals surface area contributed by atoms with Crippen LogP contribution in [-0.2, 0) is 14.4 Å². The van der Waals surface area contributed by atoms with Crippen LogP contribution >= 0.6 is 0 Å². The number of hydrogen-bond acceptors (Lipinski definition) is 5. The van der Waals surface area contributed by atoms with Crippen molar-refractivity contribution in [1.29, 1.82) is 0 Å². The number of hydrogen-bond donors (Lipinski definition) is 3. The number of amides is 2. The smallest absolute Gasteiger partial charge is 0.322 e. The first kappa shape index (κ1) is 15.9. The maximum absolute atomic E-state index is 11.8. The summed E-state index contributed by atoms with van der Waals surface area (Å²) in [6.45, 7) is 0.776. The van der Waals surface area contributed by atoms with Crippen molar-refractivity contribution in [3.8, 4) is 0 Å². The van der Waals surface area contributed by atoms with E-state index in [1.807, 2.05) is 0 Å². The molecule has 1 aliphatic carbocycles. The van der Waals surface area contributed by atoms with Crippen molar-refractivity contribution in [1.82, 2.24) is 10.6 Å². The lowest BCUT2D eigenvalue weighted by molar-refractivity contribution is -0.528. The number of rotatable bonds is 5. The van der Waals surface area contributed by atoms with Crippen molar-refractivity contribution in [3.05, 3.63) is 10.1 Å². The lowest BCUT2D eigenvalue weighted by Gasteiger charge is -2.30. The van der Waals surface area contributed by atoms with E-state index < -0.39 is 41.3 Å². The predicted molar refractivity (Wildman–Crippen MR) is 66.4 cm³/mol. The molecule has 3 N–H and O–H groups in total. The maximum atomic E-state index is 11.8. The molecule has 20 heavy (non-hydrogen) atoms. The van der Waals surface area contributed by atoms with Gasteiger partial charge in [0, 0.05) is 36.6 Å². The molecule has 0 aliphatic heterocycles. The molecule has 0 aromatic carbocycles. The standard InChI is InChI=1S/C11H17N3O6/c1-6(15)13-8-2-7(3-9(4-8)14(19)20)11(18)12-5-10(16)17/h7-9H,2-5H2,1H3,(H,12,18)(H,13,15)(H,16,17). The summed E-state index contributed by atoms with van der Waals surface area (Å²) in [5, 5.41) is 24.2. The zero-order valence-electron chi connectivity index (χ0n) is 11.0. The first-order chi connectivity index (χ1) is 9.29. The molecule has 3 unspecified atom stereocenters. The Labute approximate surface area is 114 Å². The second kappa shape index (κ2) is 6.83. The molecule has 3 atom stereocenters. The van der Waals surface area contributed by atoms with Crippen LogP contribution in [0.4, 0.5) is 0 Å². The molecular formula is C11H17N3O6. The topological polar surface area (TPSA) is 139 Å². The number of nitrogens with zero attached hydrogens (tertiary/aromatic N) is 1. The monoisotopic (exact) mass is 287 g/mol. The van der Waals surface area contributed by atoms with Crippen LogP contribution in [-0.4, -0.2) is 46.4 Å². The van der Waals surface area contributed by atoms with Gasteiger partial charge in [-0.1, -0.05) is 0 Å². The third-order valence-corrected chi connectivity index (χ3v) is 3.17. The minimum atomic E-state index is -1.18. The van der Waals surface area contributed by atoms with E-state index in [1.54, 1.807) is 0 Å². The molecule has 1 aliphatic rings. The average Bonchev–Trinajstić information content (AvgIpc) is 2.34. The number of carbonyl (C=O) groups excluding carboxylic acids is 2. The molecular weight excluding hydrogens is 270 g/mol. The van der Waals surface area contributed by atoms with E-state index in [1.165, 1.54) is 6.92 Å². The van der Waals surface area contributed by atoms with Gasteiger partial charge in [0.05, 0.1) is 0 Å². The molecule has 0 aromatic rings. The Morgan fingerprint density at radius 2 is 1.95 bits per heavy atom. The van der Waals surface area contributed by atoms with Crippen LogP contribution in [0.3, 0.4) is 0 Å². The van der Waals surface area contributed by atoms with E-state index >= 15 is 0 Å². The van der Waals surface area contributed by atoms with E-state index in [-0.39, 0.29) is 25.2 Å². The number of carboxylic acid groups (broad SMARTS) is 1. The van der Waals surface area contributed by atoms with Gasteiger partial charge in [-0.15, -0.1) is 0 Å². The Hall–Kier alpha value is -2.19. The second-order valence-corrected chi connectivity index (χ2v) is 4.85. The number of nitrogens with one attached hydrogen (secondary N) is 2. The molecule has 9 heteroatoms. The van der Waals surface area contributed by atoms with Gasteiger partial charge >= 0.3 is 5.97 Å². The van der Waals surface area contributed by atoms with Crippen LogP contribution in [0.15, 0.2) is 0 Å². The normalized spacial score (nSPS) is 25.6. The van der Waals surface area contributed by atoms with Crippen LogP contribution in [0.25, 0.3) is 0 Å². The van der Waals surface area contributed by atoms with E-state index in [0.29, 0.717) is 0 Å². The van der Waals surface area contributed by atoms with E-state index in [4.69, 9.17) is 5.11 Å². The van der Waals surface area contributed by atoms with Gasteiger partial charge < -0.3 is 15.7 Å². The first-order valence-electron chi connectivity index (χ1n) is 6.19.